The minimum Gasteiger partial charge on any atom is -0.293 e. The van der Waals surface area contributed by atoms with Gasteiger partial charge >= 0.3 is 0 Å². The number of nitrogens with zero attached hydrogens (tertiary/aromatic N) is 3. The van der Waals surface area contributed by atoms with Crippen molar-refractivity contribution in [1.29, 1.82) is 0 Å². The first-order valence-corrected chi connectivity index (χ1v) is 8.43. The molecular weight excluding hydrogens is 407 g/mol. The van der Waals surface area contributed by atoms with Gasteiger partial charge in [-0.15, -0.1) is 0 Å². The van der Waals surface area contributed by atoms with Crippen LogP contribution in [0.25, 0.3) is 0 Å². The fourth-order valence-corrected chi connectivity index (χ4v) is 3.10. The molecule has 3 amide bonds. The Balaban J connectivity index is 1.85. The molecule has 9 heteroatoms. The third kappa shape index (κ3) is 3.22. The van der Waals surface area contributed by atoms with Gasteiger partial charge in [0.05, 0.1) is 17.8 Å². The van der Waals surface area contributed by atoms with Gasteiger partial charge in [-0.2, -0.15) is 0 Å². The number of amides is 3. The molecule has 1 aromatic carbocycles. The molecule has 1 N–H and O–H groups in total. The predicted octanol–water partition coefficient (Wildman–Crippen LogP) is 2.28. The summed E-state index contributed by atoms with van der Waals surface area (Å²) in [4.78, 5) is 45.8. The van der Waals surface area contributed by atoms with Crippen molar-refractivity contribution in [3.05, 3.63) is 52.0 Å². The number of nitrogens with one attached hydrogen (secondary N) is 1. The molecule has 2 heterocycles. The normalized spacial score (nSPS) is 15.6. The molecule has 0 atom stereocenters. The largest absolute Gasteiger partial charge is 0.293 e. The second-order valence-electron chi connectivity index (χ2n) is 6.28. The summed E-state index contributed by atoms with van der Waals surface area (Å²) in [6, 6.07) is 5.05. The third-order valence-electron chi connectivity index (χ3n) is 4.08. The van der Waals surface area contributed by atoms with Gasteiger partial charge in [0.15, 0.2) is 5.82 Å². The zero-order valence-electron chi connectivity index (χ0n) is 13.9. The van der Waals surface area contributed by atoms with Crippen molar-refractivity contribution < 1.29 is 18.8 Å². The molecule has 0 bridgehead atoms. The van der Waals surface area contributed by atoms with E-state index in [1.54, 1.807) is 32.0 Å². The molecule has 0 unspecified atom stereocenters. The van der Waals surface area contributed by atoms with Crippen molar-refractivity contribution >= 4 is 39.6 Å². The molecule has 0 spiro atoms. The molecule has 0 radical (unpaired) electrons. The van der Waals surface area contributed by atoms with Gasteiger partial charge in [-0.25, -0.2) is 14.4 Å². The molecular formula is C17H14BrFN4O3. The van der Waals surface area contributed by atoms with Gasteiger partial charge in [0.2, 0.25) is 17.8 Å². The Bertz CT molecular complexity index is 915. The lowest BCUT2D eigenvalue weighted by atomic mass is 9.77. The van der Waals surface area contributed by atoms with Crippen LogP contribution in [0.2, 0.25) is 0 Å². The summed E-state index contributed by atoms with van der Waals surface area (Å²) in [5.74, 6) is -2.45. The van der Waals surface area contributed by atoms with Crippen LogP contribution in [-0.4, -0.2) is 39.1 Å². The zero-order valence-corrected chi connectivity index (χ0v) is 15.5. The molecule has 134 valence electrons. The number of hydrogen-bond donors (Lipinski definition) is 1. The molecule has 7 nitrogen and oxygen atoms in total. The number of fused-ring (bicyclic) bond motifs is 1. The topological polar surface area (TPSA) is 92.3 Å². The number of carbonyl (C=O) groups is 3. The molecule has 3 rings (SSSR count). The Labute approximate surface area is 156 Å². The molecule has 0 fully saturated rings. The van der Waals surface area contributed by atoms with Gasteiger partial charge in [0, 0.05) is 10.0 Å². The zero-order chi connectivity index (χ0) is 19.1. The number of carbonyl (C=O) groups excluding carboxylic acids is 3. The lowest BCUT2D eigenvalue weighted by molar-refractivity contribution is -0.136. The summed E-state index contributed by atoms with van der Waals surface area (Å²) < 4.78 is 13.6. The van der Waals surface area contributed by atoms with Crippen molar-refractivity contribution in [1.82, 2.24) is 14.9 Å². The maximum absolute atomic E-state index is 12.8. The maximum Gasteiger partial charge on any atom is 0.261 e. The first-order valence-electron chi connectivity index (χ1n) is 7.64. The average Bonchev–Trinajstić information content (AvgIpc) is 2.59. The highest BCUT2D eigenvalue weighted by molar-refractivity contribution is 9.10. The summed E-state index contributed by atoms with van der Waals surface area (Å²) in [5, 5.41) is 2.34. The smallest absolute Gasteiger partial charge is 0.261 e. The summed E-state index contributed by atoms with van der Waals surface area (Å²) in [7, 11) is 0. The van der Waals surface area contributed by atoms with Gasteiger partial charge in [-0.3, -0.25) is 24.6 Å². The third-order valence-corrected chi connectivity index (χ3v) is 4.58. The summed E-state index contributed by atoms with van der Waals surface area (Å²) in [6.07, 6.45) is 1.80. The van der Waals surface area contributed by atoms with E-state index in [9.17, 15) is 18.8 Å². The van der Waals surface area contributed by atoms with Crippen LogP contribution < -0.4 is 5.32 Å². The van der Waals surface area contributed by atoms with E-state index >= 15 is 0 Å². The quantitative estimate of drug-likeness (QED) is 0.768. The number of halogens is 2. The van der Waals surface area contributed by atoms with Gasteiger partial charge in [-0.1, -0.05) is 15.9 Å². The second kappa shape index (κ2) is 6.56. The van der Waals surface area contributed by atoms with E-state index in [1.165, 1.54) is 0 Å². The maximum atomic E-state index is 12.8. The summed E-state index contributed by atoms with van der Waals surface area (Å²) >= 11 is 3.34. The Hall–Kier alpha value is -2.68. The molecule has 2 aromatic rings. The van der Waals surface area contributed by atoms with E-state index in [1.807, 2.05) is 0 Å². The van der Waals surface area contributed by atoms with Crippen molar-refractivity contribution in [3.63, 3.8) is 0 Å². The van der Waals surface area contributed by atoms with Crippen LogP contribution >= 0.6 is 15.9 Å². The van der Waals surface area contributed by atoms with Crippen molar-refractivity contribution in [2.75, 3.05) is 11.9 Å². The van der Waals surface area contributed by atoms with E-state index in [4.69, 9.17) is 0 Å². The molecule has 26 heavy (non-hydrogen) atoms. The molecule has 0 saturated carbocycles. The van der Waals surface area contributed by atoms with E-state index in [-0.39, 0.29) is 5.95 Å². The van der Waals surface area contributed by atoms with Crippen LogP contribution in [0.1, 0.15) is 29.8 Å². The summed E-state index contributed by atoms with van der Waals surface area (Å²) in [6.45, 7) is 2.90. The second-order valence-corrected chi connectivity index (χ2v) is 7.20. The van der Waals surface area contributed by atoms with Crippen LogP contribution in [0.5, 0.6) is 0 Å². The lowest BCUT2D eigenvalue weighted by Gasteiger charge is -2.37. The SMILES string of the molecule is CC1(C)C(=O)N(CC(=O)Nc2ncc(F)cn2)C(=O)c2ccc(Br)cc21. The number of aromatic nitrogens is 2. The number of hydrogen-bond acceptors (Lipinski definition) is 5. The van der Waals surface area contributed by atoms with Gasteiger partial charge in [0.1, 0.15) is 6.54 Å². The van der Waals surface area contributed by atoms with Crippen LogP contribution in [0.4, 0.5) is 10.3 Å². The first kappa shape index (κ1) is 18.1. The van der Waals surface area contributed by atoms with Crippen molar-refractivity contribution in [2.45, 2.75) is 19.3 Å². The van der Waals surface area contributed by atoms with Crippen molar-refractivity contribution in [2.24, 2.45) is 0 Å². The number of rotatable bonds is 3. The lowest BCUT2D eigenvalue weighted by Crippen LogP contribution is -2.54. The monoisotopic (exact) mass is 420 g/mol. The number of benzene rings is 1. The molecule has 0 aliphatic carbocycles. The standard InChI is InChI=1S/C17H14BrFN4O3/c1-17(2)12-5-9(18)3-4-11(12)14(25)23(15(17)26)8-13(24)22-16-20-6-10(19)7-21-16/h3-7H,8H2,1-2H3,(H,20,21,22,24). The highest BCUT2D eigenvalue weighted by Gasteiger charge is 2.45. The molecule has 0 saturated heterocycles. The van der Waals surface area contributed by atoms with Crippen LogP contribution in [0, 0.1) is 5.82 Å². The first-order chi connectivity index (χ1) is 12.2. The Morgan fingerprint density at radius 2 is 1.92 bits per heavy atom. The minimum atomic E-state index is -0.973. The van der Waals surface area contributed by atoms with Crippen LogP contribution in [0.15, 0.2) is 35.1 Å². The van der Waals surface area contributed by atoms with Gasteiger partial charge in [-0.05, 0) is 37.6 Å². The fraction of sp³-hybridized carbons (Fsp3) is 0.235. The summed E-state index contributed by atoms with van der Waals surface area (Å²) in [5.41, 5.74) is -0.0105. The Kier molecular flexibility index (Phi) is 4.57. The fourth-order valence-electron chi connectivity index (χ4n) is 2.74. The number of imide groups is 1. The Morgan fingerprint density at radius 3 is 2.58 bits per heavy atom. The number of anilines is 1. The molecule has 1 aliphatic heterocycles. The highest BCUT2D eigenvalue weighted by atomic mass is 79.9. The van der Waals surface area contributed by atoms with Gasteiger partial charge < -0.3 is 0 Å². The van der Waals surface area contributed by atoms with Gasteiger partial charge in [0.25, 0.3) is 5.91 Å². The predicted molar refractivity (Wildman–Crippen MR) is 93.8 cm³/mol. The van der Waals surface area contributed by atoms with E-state index in [0.29, 0.717) is 11.1 Å². The van der Waals surface area contributed by atoms with Crippen LogP contribution in [-0.2, 0) is 15.0 Å². The Morgan fingerprint density at radius 1 is 1.27 bits per heavy atom. The van der Waals surface area contributed by atoms with E-state index in [2.05, 4.69) is 31.2 Å². The molecule has 1 aromatic heterocycles. The van der Waals surface area contributed by atoms with E-state index < -0.39 is 35.5 Å². The van der Waals surface area contributed by atoms with E-state index in [0.717, 1.165) is 21.8 Å². The van der Waals surface area contributed by atoms with Crippen molar-refractivity contribution in [3.8, 4) is 0 Å². The minimum absolute atomic E-state index is 0.114. The average molecular weight is 421 g/mol. The highest BCUT2D eigenvalue weighted by Crippen LogP contribution is 2.36. The van der Waals surface area contributed by atoms with Crippen LogP contribution in [0.3, 0.4) is 0 Å². The molecule has 1 aliphatic rings.